The Labute approximate surface area is 132 Å². The fourth-order valence-corrected chi connectivity index (χ4v) is 2.49. The number of cyclic esters (lactones) is 1. The fourth-order valence-electron chi connectivity index (χ4n) is 2.49. The van der Waals surface area contributed by atoms with Gasteiger partial charge in [-0.1, -0.05) is 6.07 Å². The highest BCUT2D eigenvalue weighted by atomic mass is 16.5. The van der Waals surface area contributed by atoms with Crippen LogP contribution in [0.4, 0.5) is 0 Å². The van der Waals surface area contributed by atoms with Crippen molar-refractivity contribution in [1.82, 2.24) is 4.98 Å². The van der Waals surface area contributed by atoms with Crippen molar-refractivity contribution in [3.05, 3.63) is 57.0 Å². The van der Waals surface area contributed by atoms with Crippen LogP contribution in [0, 0.1) is 6.92 Å². The Bertz CT molecular complexity index is 879. The number of esters is 1. The summed E-state index contributed by atoms with van der Waals surface area (Å²) in [6.45, 7) is 1.75. The summed E-state index contributed by atoms with van der Waals surface area (Å²) in [5.41, 5.74) is 1.50. The number of H-pyrrole nitrogens is 1. The maximum absolute atomic E-state index is 11.9. The quantitative estimate of drug-likeness (QED) is 0.880. The van der Waals surface area contributed by atoms with Gasteiger partial charge in [-0.2, -0.15) is 0 Å². The second kappa shape index (κ2) is 5.64. The van der Waals surface area contributed by atoms with Crippen molar-refractivity contribution in [2.24, 2.45) is 0 Å². The molecule has 0 unspecified atom stereocenters. The van der Waals surface area contributed by atoms with Gasteiger partial charge in [-0.05, 0) is 36.8 Å². The molecule has 0 atom stereocenters. The Morgan fingerprint density at radius 2 is 1.83 bits per heavy atom. The number of hydrogen-bond acceptors (Lipinski definition) is 5. The minimum Gasteiger partial charge on any atom is -0.493 e. The number of ether oxygens (including phenoxy) is 3. The topological polar surface area (TPSA) is 77.6 Å². The van der Waals surface area contributed by atoms with Crippen molar-refractivity contribution in [3.8, 4) is 11.5 Å². The molecular formula is C17H15NO5. The molecule has 0 bridgehead atoms. The predicted octanol–water partition coefficient (Wildman–Crippen LogP) is 2.37. The van der Waals surface area contributed by atoms with Gasteiger partial charge in [0.1, 0.15) is 11.3 Å². The van der Waals surface area contributed by atoms with Gasteiger partial charge in [-0.15, -0.1) is 0 Å². The van der Waals surface area contributed by atoms with Crippen LogP contribution < -0.4 is 15.0 Å². The number of aryl methyl sites for hydroxylation is 1. The Morgan fingerprint density at radius 1 is 1.09 bits per heavy atom. The highest BCUT2D eigenvalue weighted by Gasteiger charge is 2.30. The minimum absolute atomic E-state index is 0.0299. The number of aromatic amines is 1. The van der Waals surface area contributed by atoms with E-state index in [1.165, 1.54) is 0 Å². The van der Waals surface area contributed by atoms with E-state index in [9.17, 15) is 9.59 Å². The number of pyridine rings is 1. The number of hydrogen-bond donors (Lipinski definition) is 1. The zero-order valence-electron chi connectivity index (χ0n) is 12.9. The van der Waals surface area contributed by atoms with Crippen molar-refractivity contribution >= 4 is 17.8 Å². The van der Waals surface area contributed by atoms with E-state index in [-0.39, 0.29) is 5.56 Å². The van der Waals surface area contributed by atoms with Crippen molar-refractivity contribution in [2.75, 3.05) is 14.2 Å². The molecule has 0 spiro atoms. The molecule has 0 fully saturated rings. The van der Waals surface area contributed by atoms with Crippen LogP contribution in [0.3, 0.4) is 0 Å². The monoisotopic (exact) mass is 313 g/mol. The fraction of sp³-hybridized carbons (Fsp3) is 0.176. The number of carbonyl (C=O) groups is 1. The SMILES string of the molecule is COc1ccc(/C=C2/OC(=O)c3c2cc(C)[nH]c3=O)cc1OC. The third-order valence-corrected chi connectivity index (χ3v) is 3.55. The molecule has 6 heteroatoms. The van der Waals surface area contributed by atoms with Crippen molar-refractivity contribution in [1.29, 1.82) is 0 Å². The zero-order chi connectivity index (χ0) is 16.6. The van der Waals surface area contributed by atoms with Crippen LogP contribution in [-0.4, -0.2) is 25.2 Å². The molecule has 1 aromatic heterocycles. The third kappa shape index (κ3) is 2.59. The van der Waals surface area contributed by atoms with Gasteiger partial charge in [-0.25, -0.2) is 4.79 Å². The molecule has 0 aliphatic carbocycles. The largest absolute Gasteiger partial charge is 0.493 e. The smallest absolute Gasteiger partial charge is 0.349 e. The summed E-state index contributed by atoms with van der Waals surface area (Å²) < 4.78 is 15.7. The molecular weight excluding hydrogens is 298 g/mol. The van der Waals surface area contributed by atoms with Crippen LogP contribution in [0.1, 0.15) is 27.2 Å². The summed E-state index contributed by atoms with van der Waals surface area (Å²) in [6.07, 6.45) is 1.69. The van der Waals surface area contributed by atoms with Crippen LogP contribution in [0.5, 0.6) is 11.5 Å². The first-order chi connectivity index (χ1) is 11.0. The highest BCUT2D eigenvalue weighted by Crippen LogP contribution is 2.32. The van der Waals surface area contributed by atoms with E-state index < -0.39 is 11.5 Å². The van der Waals surface area contributed by atoms with Crippen LogP contribution in [0.25, 0.3) is 11.8 Å². The maximum Gasteiger partial charge on any atom is 0.349 e. The first kappa shape index (κ1) is 14.9. The molecule has 6 nitrogen and oxygen atoms in total. The molecule has 1 aromatic carbocycles. The second-order valence-electron chi connectivity index (χ2n) is 5.08. The third-order valence-electron chi connectivity index (χ3n) is 3.55. The molecule has 3 rings (SSSR count). The van der Waals surface area contributed by atoms with Crippen molar-refractivity contribution < 1.29 is 19.0 Å². The summed E-state index contributed by atoms with van der Waals surface area (Å²) in [4.78, 5) is 26.4. The van der Waals surface area contributed by atoms with Crippen molar-refractivity contribution in [3.63, 3.8) is 0 Å². The van der Waals surface area contributed by atoms with E-state index in [1.807, 2.05) is 0 Å². The Hall–Kier alpha value is -3.02. The Balaban J connectivity index is 2.10. The number of carbonyl (C=O) groups excluding carboxylic acids is 1. The van der Waals surface area contributed by atoms with E-state index >= 15 is 0 Å². The van der Waals surface area contributed by atoms with E-state index in [1.54, 1.807) is 51.5 Å². The van der Waals surface area contributed by atoms with Crippen LogP contribution in [-0.2, 0) is 4.74 Å². The highest BCUT2D eigenvalue weighted by molar-refractivity contribution is 6.05. The molecule has 1 aliphatic heterocycles. The van der Waals surface area contributed by atoms with Gasteiger partial charge >= 0.3 is 5.97 Å². The van der Waals surface area contributed by atoms with Gasteiger partial charge in [0.15, 0.2) is 11.5 Å². The van der Waals surface area contributed by atoms with E-state index in [4.69, 9.17) is 14.2 Å². The summed E-state index contributed by atoms with van der Waals surface area (Å²) in [6, 6.07) is 7.04. The molecule has 2 heterocycles. The van der Waals surface area contributed by atoms with E-state index in [2.05, 4.69) is 4.98 Å². The average molecular weight is 313 g/mol. The maximum atomic E-state index is 11.9. The zero-order valence-corrected chi connectivity index (χ0v) is 12.9. The van der Waals surface area contributed by atoms with Gasteiger partial charge in [0.05, 0.1) is 14.2 Å². The number of nitrogens with one attached hydrogen (secondary N) is 1. The number of fused-ring (bicyclic) bond motifs is 1. The van der Waals surface area contributed by atoms with E-state index in [0.717, 1.165) is 5.56 Å². The Morgan fingerprint density at radius 3 is 2.52 bits per heavy atom. The summed E-state index contributed by atoms with van der Waals surface area (Å²) >= 11 is 0. The van der Waals surface area contributed by atoms with Gasteiger partial charge in [-0.3, -0.25) is 4.79 Å². The minimum atomic E-state index is -0.645. The van der Waals surface area contributed by atoms with Gasteiger partial charge in [0.2, 0.25) is 0 Å². The van der Waals surface area contributed by atoms with Gasteiger partial charge in [0, 0.05) is 11.3 Å². The molecule has 1 N–H and O–H groups in total. The first-order valence-electron chi connectivity index (χ1n) is 6.93. The number of methoxy groups -OCH3 is 2. The van der Waals surface area contributed by atoms with Gasteiger partial charge < -0.3 is 19.2 Å². The summed E-state index contributed by atoms with van der Waals surface area (Å²) in [7, 11) is 3.10. The lowest BCUT2D eigenvalue weighted by Crippen LogP contribution is -2.16. The number of aromatic nitrogens is 1. The molecule has 118 valence electrons. The number of benzene rings is 1. The van der Waals surface area contributed by atoms with Crippen LogP contribution in [0.15, 0.2) is 29.1 Å². The molecule has 0 saturated heterocycles. The van der Waals surface area contributed by atoms with Crippen LogP contribution >= 0.6 is 0 Å². The molecule has 0 saturated carbocycles. The lowest BCUT2D eigenvalue weighted by Gasteiger charge is -2.08. The van der Waals surface area contributed by atoms with Crippen molar-refractivity contribution in [2.45, 2.75) is 6.92 Å². The second-order valence-corrected chi connectivity index (χ2v) is 5.08. The molecule has 23 heavy (non-hydrogen) atoms. The van der Waals surface area contributed by atoms with E-state index in [0.29, 0.717) is 28.5 Å². The summed E-state index contributed by atoms with van der Waals surface area (Å²) in [5.74, 6) is 0.860. The lowest BCUT2D eigenvalue weighted by molar-refractivity contribution is 0.0715. The molecule has 0 amide bonds. The predicted molar refractivity (Wildman–Crippen MR) is 84.6 cm³/mol. The Kier molecular flexibility index (Phi) is 3.65. The molecule has 2 aromatic rings. The molecule has 0 radical (unpaired) electrons. The lowest BCUT2D eigenvalue weighted by atomic mass is 10.1. The van der Waals surface area contributed by atoms with Crippen LogP contribution in [0.2, 0.25) is 0 Å². The normalized spacial score (nSPS) is 14.6. The number of rotatable bonds is 3. The average Bonchev–Trinajstić information content (AvgIpc) is 2.83. The summed E-state index contributed by atoms with van der Waals surface area (Å²) in [5, 5.41) is 0. The standard InChI is InChI=1S/C17H15NO5/c1-9-6-11-13(23-17(20)15(11)16(19)18-9)7-10-4-5-12(21-2)14(8-10)22-3/h4-8H,1-3H3,(H,18,19)/b13-7+. The van der Waals surface area contributed by atoms with Gasteiger partial charge in [0.25, 0.3) is 5.56 Å². The molecule has 1 aliphatic rings. The first-order valence-corrected chi connectivity index (χ1v) is 6.93.